The molecule has 1 aliphatic heterocycles. The van der Waals surface area contributed by atoms with Gasteiger partial charge in [-0.3, -0.25) is 9.59 Å². The summed E-state index contributed by atoms with van der Waals surface area (Å²) in [4.78, 5) is 28.0. The summed E-state index contributed by atoms with van der Waals surface area (Å²) in [6, 6.07) is 11.2. The molecule has 4 nitrogen and oxygen atoms in total. The number of thiophene rings is 1. The zero-order chi connectivity index (χ0) is 18.4. The van der Waals surface area contributed by atoms with Crippen LogP contribution in [0.15, 0.2) is 51.9 Å². The Morgan fingerprint density at radius 2 is 1.73 bits per heavy atom. The monoisotopic (exact) mass is 432 g/mol. The molecule has 0 atom stereocenters. The Morgan fingerprint density at radius 1 is 1.04 bits per heavy atom. The third kappa shape index (κ3) is 5.05. The lowest BCUT2D eigenvalue weighted by Crippen LogP contribution is -2.38. The van der Waals surface area contributed by atoms with Gasteiger partial charge in [-0.15, -0.1) is 11.3 Å². The summed E-state index contributed by atoms with van der Waals surface area (Å²) in [7, 11) is 0. The van der Waals surface area contributed by atoms with Crippen LogP contribution in [0, 0.1) is 0 Å². The Bertz CT molecular complexity index is 777. The van der Waals surface area contributed by atoms with Crippen molar-refractivity contribution in [1.29, 1.82) is 0 Å². The average Bonchev–Trinajstić information content (AvgIpc) is 3.05. The number of rotatable bonds is 4. The average molecular weight is 433 g/mol. The van der Waals surface area contributed by atoms with Crippen molar-refractivity contribution in [2.45, 2.75) is 25.7 Å². The second-order valence-corrected chi connectivity index (χ2v) is 8.11. The Kier molecular flexibility index (Phi) is 6.63. The molecule has 1 N–H and O–H groups in total. The van der Waals surface area contributed by atoms with Crippen LogP contribution in [0.3, 0.4) is 0 Å². The molecule has 6 heteroatoms. The summed E-state index contributed by atoms with van der Waals surface area (Å²) in [5, 5.41) is 4.68. The van der Waals surface area contributed by atoms with Crippen LogP contribution >= 0.6 is 27.3 Å². The van der Waals surface area contributed by atoms with Crippen molar-refractivity contribution in [2.75, 3.05) is 13.1 Å². The normalized spacial score (nSPS) is 15.4. The molecular formula is C20H21BrN2O2S. The Balaban J connectivity index is 1.85. The lowest BCUT2D eigenvalue weighted by atomic mass is 10.1. The fraction of sp³-hybridized carbons (Fsp3) is 0.300. The SMILES string of the molecule is O=C(NC(=Cc1ccc(Br)cc1)C(=O)N1CCCCCC1)c1cccs1. The third-order valence-electron chi connectivity index (χ3n) is 4.30. The van der Waals surface area contributed by atoms with Gasteiger partial charge in [-0.25, -0.2) is 0 Å². The van der Waals surface area contributed by atoms with Crippen LogP contribution in [0.25, 0.3) is 6.08 Å². The predicted octanol–water partition coefficient (Wildman–Crippen LogP) is 4.68. The van der Waals surface area contributed by atoms with Crippen LogP contribution in [0.4, 0.5) is 0 Å². The number of carbonyl (C=O) groups is 2. The summed E-state index contributed by atoms with van der Waals surface area (Å²) >= 11 is 4.78. The molecule has 1 aromatic heterocycles. The van der Waals surface area contributed by atoms with E-state index in [0.29, 0.717) is 10.6 Å². The fourth-order valence-corrected chi connectivity index (χ4v) is 3.80. The summed E-state index contributed by atoms with van der Waals surface area (Å²) in [6.45, 7) is 1.48. The number of nitrogens with zero attached hydrogens (tertiary/aromatic N) is 1. The van der Waals surface area contributed by atoms with E-state index in [1.54, 1.807) is 12.1 Å². The Morgan fingerprint density at radius 3 is 2.35 bits per heavy atom. The maximum Gasteiger partial charge on any atom is 0.270 e. The van der Waals surface area contributed by atoms with Crippen molar-refractivity contribution < 1.29 is 9.59 Å². The maximum absolute atomic E-state index is 13.1. The van der Waals surface area contributed by atoms with Crippen LogP contribution in [-0.4, -0.2) is 29.8 Å². The van der Waals surface area contributed by atoms with E-state index >= 15 is 0 Å². The summed E-state index contributed by atoms with van der Waals surface area (Å²) < 4.78 is 0.970. The van der Waals surface area contributed by atoms with Gasteiger partial charge < -0.3 is 10.2 Å². The zero-order valence-electron chi connectivity index (χ0n) is 14.4. The van der Waals surface area contributed by atoms with Gasteiger partial charge in [-0.1, -0.05) is 47.0 Å². The fourth-order valence-electron chi connectivity index (χ4n) is 2.91. The van der Waals surface area contributed by atoms with Crippen molar-refractivity contribution in [2.24, 2.45) is 0 Å². The molecule has 1 saturated heterocycles. The van der Waals surface area contributed by atoms with Gasteiger partial charge in [0.15, 0.2) is 0 Å². The molecule has 2 heterocycles. The largest absolute Gasteiger partial charge is 0.337 e. The molecule has 0 aliphatic carbocycles. The van der Waals surface area contributed by atoms with Crippen molar-refractivity contribution in [3.05, 3.63) is 62.4 Å². The topological polar surface area (TPSA) is 49.4 Å². The van der Waals surface area contributed by atoms with Gasteiger partial charge >= 0.3 is 0 Å². The molecule has 2 amide bonds. The molecule has 0 spiro atoms. The van der Waals surface area contributed by atoms with E-state index in [9.17, 15) is 9.59 Å². The highest BCUT2D eigenvalue weighted by molar-refractivity contribution is 9.10. The first-order chi connectivity index (χ1) is 12.6. The number of likely N-dealkylation sites (tertiary alicyclic amines) is 1. The number of nitrogens with one attached hydrogen (secondary N) is 1. The van der Waals surface area contributed by atoms with Gasteiger partial charge in [-0.05, 0) is 48.1 Å². The maximum atomic E-state index is 13.1. The van der Waals surface area contributed by atoms with Crippen LogP contribution in [0.2, 0.25) is 0 Å². The number of benzene rings is 1. The summed E-state index contributed by atoms with van der Waals surface area (Å²) in [5.74, 6) is -0.355. The minimum absolute atomic E-state index is 0.111. The van der Waals surface area contributed by atoms with Gasteiger partial charge in [0.05, 0.1) is 4.88 Å². The number of carbonyl (C=O) groups excluding carboxylic acids is 2. The molecule has 0 radical (unpaired) electrons. The van der Waals surface area contributed by atoms with Gasteiger partial charge in [0.2, 0.25) is 0 Å². The molecular weight excluding hydrogens is 412 g/mol. The van der Waals surface area contributed by atoms with E-state index in [1.165, 1.54) is 11.3 Å². The molecule has 0 unspecified atom stereocenters. The molecule has 0 bridgehead atoms. The molecule has 1 fully saturated rings. The zero-order valence-corrected chi connectivity index (χ0v) is 16.8. The Hall–Kier alpha value is -1.92. The standard InChI is InChI=1S/C20H21BrN2O2S/c21-16-9-7-15(8-10-16)14-17(22-19(24)18-6-5-13-26-18)20(25)23-11-3-1-2-4-12-23/h5-10,13-14H,1-4,11-12H2,(H,22,24). The van der Waals surface area contributed by atoms with Crippen LogP contribution in [-0.2, 0) is 4.79 Å². The molecule has 3 rings (SSSR count). The first-order valence-corrected chi connectivity index (χ1v) is 10.4. The first-order valence-electron chi connectivity index (χ1n) is 8.75. The number of amides is 2. The molecule has 1 aliphatic rings. The smallest absolute Gasteiger partial charge is 0.270 e. The van der Waals surface area contributed by atoms with E-state index in [2.05, 4.69) is 21.2 Å². The number of hydrogen-bond donors (Lipinski definition) is 1. The quantitative estimate of drug-likeness (QED) is 0.712. The molecule has 2 aromatic rings. The highest BCUT2D eigenvalue weighted by atomic mass is 79.9. The molecule has 1 aromatic carbocycles. The highest BCUT2D eigenvalue weighted by Crippen LogP contribution is 2.17. The first kappa shape index (κ1) is 18.9. The molecule has 26 heavy (non-hydrogen) atoms. The highest BCUT2D eigenvalue weighted by Gasteiger charge is 2.22. The summed E-state index contributed by atoms with van der Waals surface area (Å²) in [6.07, 6.45) is 6.08. The van der Waals surface area contributed by atoms with E-state index < -0.39 is 0 Å². The van der Waals surface area contributed by atoms with Crippen LogP contribution < -0.4 is 5.32 Å². The lowest BCUT2D eigenvalue weighted by molar-refractivity contribution is -0.127. The van der Waals surface area contributed by atoms with Gasteiger partial charge in [-0.2, -0.15) is 0 Å². The second-order valence-electron chi connectivity index (χ2n) is 6.25. The van der Waals surface area contributed by atoms with Crippen molar-refractivity contribution in [3.8, 4) is 0 Å². The number of hydrogen-bond acceptors (Lipinski definition) is 3. The van der Waals surface area contributed by atoms with Crippen LogP contribution in [0.5, 0.6) is 0 Å². The molecule has 0 saturated carbocycles. The summed E-state index contributed by atoms with van der Waals surface area (Å²) in [5.41, 5.74) is 1.20. The minimum Gasteiger partial charge on any atom is -0.337 e. The van der Waals surface area contributed by atoms with Crippen LogP contribution in [0.1, 0.15) is 40.9 Å². The van der Waals surface area contributed by atoms with Gasteiger partial charge in [0.25, 0.3) is 11.8 Å². The minimum atomic E-state index is -0.244. The van der Waals surface area contributed by atoms with E-state index in [0.717, 1.165) is 48.8 Å². The lowest BCUT2D eigenvalue weighted by Gasteiger charge is -2.22. The number of halogens is 1. The molecule has 136 valence electrons. The van der Waals surface area contributed by atoms with Crippen molar-refractivity contribution in [3.63, 3.8) is 0 Å². The van der Waals surface area contributed by atoms with E-state index in [4.69, 9.17) is 0 Å². The van der Waals surface area contributed by atoms with E-state index in [1.807, 2.05) is 40.6 Å². The predicted molar refractivity (Wildman–Crippen MR) is 109 cm³/mol. The second kappa shape index (κ2) is 9.14. The van der Waals surface area contributed by atoms with Crippen molar-refractivity contribution in [1.82, 2.24) is 10.2 Å². The van der Waals surface area contributed by atoms with Gasteiger partial charge in [0.1, 0.15) is 5.70 Å². The Labute approximate surface area is 166 Å². The van der Waals surface area contributed by atoms with E-state index in [-0.39, 0.29) is 11.8 Å². The van der Waals surface area contributed by atoms with Crippen molar-refractivity contribution >= 4 is 45.2 Å². The third-order valence-corrected chi connectivity index (χ3v) is 5.70. The van der Waals surface area contributed by atoms with Gasteiger partial charge in [0, 0.05) is 17.6 Å².